The normalized spacial score (nSPS) is 22.9. The van der Waals surface area contributed by atoms with Gasteiger partial charge in [-0.15, -0.1) is 0 Å². The van der Waals surface area contributed by atoms with Gasteiger partial charge in [0.1, 0.15) is 0 Å². The van der Waals surface area contributed by atoms with E-state index in [2.05, 4.69) is 28.2 Å². The lowest BCUT2D eigenvalue weighted by atomic mass is 10.1. The Labute approximate surface area is 103 Å². The molecule has 0 amide bonds. The quantitative estimate of drug-likeness (QED) is 0.892. The number of halogens is 1. The Morgan fingerprint density at radius 1 is 1.62 bits per heavy atom. The molecule has 1 aliphatic carbocycles. The van der Waals surface area contributed by atoms with Crippen molar-refractivity contribution in [3.05, 3.63) is 28.2 Å². The van der Waals surface area contributed by atoms with Crippen molar-refractivity contribution in [1.29, 1.82) is 0 Å². The first-order valence-corrected chi connectivity index (χ1v) is 6.14. The summed E-state index contributed by atoms with van der Waals surface area (Å²) in [6.07, 6.45) is 1.24. The van der Waals surface area contributed by atoms with Crippen molar-refractivity contribution < 1.29 is 9.90 Å². The van der Waals surface area contributed by atoms with E-state index in [9.17, 15) is 4.79 Å². The largest absolute Gasteiger partial charge is 0.478 e. The average Bonchev–Trinajstić information content (AvgIpc) is 2.91. The molecular formula is C12H14BrNO2. The molecule has 1 saturated carbocycles. The molecule has 3 nitrogen and oxygen atoms in total. The molecule has 16 heavy (non-hydrogen) atoms. The standard InChI is InChI=1S/C12H14BrNO2/c1-7-5-8(7)6-14-10-4-2-3-9(13)11(10)12(15)16/h2-4,7-8,14H,5-6H2,1H3,(H,15,16). The molecule has 0 aliphatic heterocycles. The van der Waals surface area contributed by atoms with Crippen molar-refractivity contribution in [3.8, 4) is 0 Å². The summed E-state index contributed by atoms with van der Waals surface area (Å²) in [4.78, 5) is 11.1. The van der Waals surface area contributed by atoms with E-state index >= 15 is 0 Å². The van der Waals surface area contributed by atoms with E-state index in [1.807, 2.05) is 6.07 Å². The molecule has 2 unspecified atom stereocenters. The smallest absolute Gasteiger partial charge is 0.338 e. The number of anilines is 1. The van der Waals surface area contributed by atoms with Gasteiger partial charge in [-0.2, -0.15) is 0 Å². The van der Waals surface area contributed by atoms with Crippen molar-refractivity contribution in [2.75, 3.05) is 11.9 Å². The molecule has 0 spiro atoms. The van der Waals surface area contributed by atoms with Gasteiger partial charge in [0.25, 0.3) is 0 Å². The monoisotopic (exact) mass is 283 g/mol. The third-order valence-corrected chi connectivity index (χ3v) is 3.72. The van der Waals surface area contributed by atoms with E-state index in [1.54, 1.807) is 12.1 Å². The highest BCUT2D eigenvalue weighted by Gasteiger charge is 2.32. The summed E-state index contributed by atoms with van der Waals surface area (Å²) in [6, 6.07) is 5.39. The minimum atomic E-state index is -0.904. The fourth-order valence-corrected chi connectivity index (χ4v) is 2.35. The molecule has 1 fully saturated rings. The number of benzene rings is 1. The molecule has 1 aromatic carbocycles. The van der Waals surface area contributed by atoms with Crippen LogP contribution < -0.4 is 5.32 Å². The summed E-state index contributed by atoms with van der Waals surface area (Å²) in [5.41, 5.74) is 1.01. The minimum absolute atomic E-state index is 0.316. The molecule has 0 radical (unpaired) electrons. The minimum Gasteiger partial charge on any atom is -0.478 e. The van der Waals surface area contributed by atoms with E-state index < -0.39 is 5.97 Å². The van der Waals surface area contributed by atoms with Crippen LogP contribution in [0.3, 0.4) is 0 Å². The summed E-state index contributed by atoms with van der Waals surface area (Å²) in [5, 5.41) is 12.3. The van der Waals surface area contributed by atoms with Gasteiger partial charge in [-0.05, 0) is 46.3 Å². The van der Waals surface area contributed by atoms with Crippen molar-refractivity contribution in [3.63, 3.8) is 0 Å². The van der Waals surface area contributed by atoms with Gasteiger partial charge in [-0.3, -0.25) is 0 Å². The van der Waals surface area contributed by atoms with Crippen LogP contribution in [0.15, 0.2) is 22.7 Å². The maximum Gasteiger partial charge on any atom is 0.338 e. The number of aromatic carboxylic acids is 1. The fourth-order valence-electron chi connectivity index (χ4n) is 1.81. The molecule has 4 heteroatoms. The second-order valence-electron chi connectivity index (χ2n) is 4.32. The van der Waals surface area contributed by atoms with E-state index in [1.165, 1.54) is 6.42 Å². The summed E-state index contributed by atoms with van der Waals surface area (Å²) in [7, 11) is 0. The number of hydrogen-bond donors (Lipinski definition) is 2. The van der Waals surface area contributed by atoms with Crippen LogP contribution in [0.2, 0.25) is 0 Å². The van der Waals surface area contributed by atoms with Gasteiger partial charge in [-0.25, -0.2) is 4.79 Å². The van der Waals surface area contributed by atoms with Crippen molar-refractivity contribution in [1.82, 2.24) is 0 Å². The molecule has 0 saturated heterocycles. The summed E-state index contributed by atoms with van der Waals surface area (Å²) >= 11 is 3.26. The Morgan fingerprint density at radius 2 is 2.31 bits per heavy atom. The molecule has 0 bridgehead atoms. The van der Waals surface area contributed by atoms with Crippen LogP contribution in [0.4, 0.5) is 5.69 Å². The number of rotatable bonds is 4. The third kappa shape index (κ3) is 2.38. The van der Waals surface area contributed by atoms with Gasteiger partial charge >= 0.3 is 5.97 Å². The van der Waals surface area contributed by atoms with Crippen LogP contribution in [-0.2, 0) is 0 Å². The van der Waals surface area contributed by atoms with Crippen LogP contribution in [0.25, 0.3) is 0 Å². The van der Waals surface area contributed by atoms with E-state index in [0.29, 0.717) is 21.6 Å². The lowest BCUT2D eigenvalue weighted by molar-refractivity contribution is 0.0697. The van der Waals surface area contributed by atoms with E-state index in [-0.39, 0.29) is 0 Å². The molecule has 2 atom stereocenters. The summed E-state index contributed by atoms with van der Waals surface area (Å²) < 4.78 is 0.619. The van der Waals surface area contributed by atoms with Gasteiger partial charge in [0, 0.05) is 16.7 Å². The third-order valence-electron chi connectivity index (χ3n) is 3.06. The first-order valence-electron chi connectivity index (χ1n) is 5.35. The number of carboxylic acids is 1. The number of carboxylic acid groups (broad SMARTS) is 1. The summed E-state index contributed by atoms with van der Waals surface area (Å²) in [6.45, 7) is 3.07. The Balaban J connectivity index is 2.12. The zero-order valence-corrected chi connectivity index (χ0v) is 10.6. The predicted molar refractivity (Wildman–Crippen MR) is 66.9 cm³/mol. The molecular weight excluding hydrogens is 270 g/mol. The van der Waals surface area contributed by atoms with E-state index in [4.69, 9.17) is 5.11 Å². The molecule has 0 aromatic heterocycles. The Bertz CT molecular complexity index is 419. The second-order valence-corrected chi connectivity index (χ2v) is 5.18. The number of carbonyl (C=O) groups is 1. The van der Waals surface area contributed by atoms with Gasteiger partial charge in [-0.1, -0.05) is 13.0 Å². The lowest BCUT2D eigenvalue weighted by Crippen LogP contribution is -2.10. The molecule has 1 aromatic rings. The summed E-state index contributed by atoms with van der Waals surface area (Å²) in [5.74, 6) is 0.562. The van der Waals surface area contributed by atoms with Crippen LogP contribution in [-0.4, -0.2) is 17.6 Å². The first-order chi connectivity index (χ1) is 7.59. The van der Waals surface area contributed by atoms with Crippen LogP contribution in [0.1, 0.15) is 23.7 Å². The Hall–Kier alpha value is -1.03. The molecule has 0 heterocycles. The highest BCUT2D eigenvalue weighted by Crippen LogP contribution is 2.38. The van der Waals surface area contributed by atoms with E-state index in [0.717, 1.165) is 12.5 Å². The maximum atomic E-state index is 11.1. The maximum absolute atomic E-state index is 11.1. The fraction of sp³-hybridized carbons (Fsp3) is 0.417. The highest BCUT2D eigenvalue weighted by molar-refractivity contribution is 9.10. The topological polar surface area (TPSA) is 49.3 Å². The van der Waals surface area contributed by atoms with Gasteiger partial charge in [0.2, 0.25) is 0 Å². The number of hydrogen-bond acceptors (Lipinski definition) is 2. The highest BCUT2D eigenvalue weighted by atomic mass is 79.9. The molecule has 2 rings (SSSR count). The molecule has 1 aliphatic rings. The Morgan fingerprint density at radius 3 is 2.88 bits per heavy atom. The molecule has 2 N–H and O–H groups in total. The predicted octanol–water partition coefficient (Wildman–Crippen LogP) is 3.22. The first kappa shape index (κ1) is 11.5. The van der Waals surface area contributed by atoms with Crippen LogP contribution >= 0.6 is 15.9 Å². The molecule has 86 valence electrons. The Kier molecular flexibility index (Phi) is 3.19. The van der Waals surface area contributed by atoms with Crippen LogP contribution in [0, 0.1) is 11.8 Å². The zero-order chi connectivity index (χ0) is 11.7. The van der Waals surface area contributed by atoms with Gasteiger partial charge < -0.3 is 10.4 Å². The van der Waals surface area contributed by atoms with Crippen molar-refractivity contribution in [2.45, 2.75) is 13.3 Å². The van der Waals surface area contributed by atoms with Crippen molar-refractivity contribution >= 4 is 27.6 Å². The van der Waals surface area contributed by atoms with Gasteiger partial charge in [0.15, 0.2) is 0 Å². The second kappa shape index (κ2) is 4.45. The lowest BCUT2D eigenvalue weighted by Gasteiger charge is -2.10. The van der Waals surface area contributed by atoms with Crippen molar-refractivity contribution in [2.24, 2.45) is 11.8 Å². The average molecular weight is 284 g/mol. The zero-order valence-electron chi connectivity index (χ0n) is 9.03. The SMILES string of the molecule is CC1CC1CNc1cccc(Br)c1C(=O)O. The van der Waals surface area contributed by atoms with Gasteiger partial charge in [0.05, 0.1) is 5.56 Å². The van der Waals surface area contributed by atoms with Crippen LogP contribution in [0.5, 0.6) is 0 Å². The number of nitrogens with one attached hydrogen (secondary N) is 1.